The molecule has 18 heavy (non-hydrogen) atoms. The second kappa shape index (κ2) is 7.46. The molecule has 0 aliphatic carbocycles. The molecule has 0 radical (unpaired) electrons. The molecule has 0 amide bonds. The third-order valence-corrected chi connectivity index (χ3v) is 4.45. The van der Waals surface area contributed by atoms with E-state index in [0.717, 1.165) is 19.3 Å². The number of nitrogens with one attached hydrogen (secondary N) is 1. The van der Waals surface area contributed by atoms with Gasteiger partial charge in [-0.2, -0.15) is 0 Å². The topological polar surface area (TPSA) is 24.5 Å². The molecule has 2 fully saturated rings. The van der Waals surface area contributed by atoms with Gasteiger partial charge in [0.05, 0.1) is 6.61 Å². The molecule has 0 bridgehead atoms. The maximum Gasteiger partial charge on any atom is 0.0506 e. The lowest BCUT2D eigenvalue weighted by Crippen LogP contribution is -2.46. The van der Waals surface area contributed by atoms with Crippen molar-refractivity contribution < 1.29 is 4.74 Å². The second-order valence-corrected chi connectivity index (χ2v) is 6.08. The van der Waals surface area contributed by atoms with Crippen LogP contribution in [0.4, 0.5) is 0 Å². The van der Waals surface area contributed by atoms with Crippen LogP contribution in [-0.2, 0) is 4.74 Å². The SMILES string of the molecule is CCCN1CCCC(NC2CCOCC2C)CC1. The fourth-order valence-corrected chi connectivity index (χ4v) is 3.29. The summed E-state index contributed by atoms with van der Waals surface area (Å²) in [5.41, 5.74) is 0. The minimum atomic E-state index is 0.675. The molecule has 2 saturated heterocycles. The lowest BCUT2D eigenvalue weighted by atomic mass is 9.95. The van der Waals surface area contributed by atoms with Gasteiger partial charge in [0, 0.05) is 18.7 Å². The van der Waals surface area contributed by atoms with Crippen molar-refractivity contribution in [3.63, 3.8) is 0 Å². The van der Waals surface area contributed by atoms with E-state index < -0.39 is 0 Å². The molecule has 1 N–H and O–H groups in total. The van der Waals surface area contributed by atoms with Gasteiger partial charge in [-0.05, 0) is 57.7 Å². The Kier molecular flexibility index (Phi) is 5.93. The molecular formula is C15H30N2O. The molecule has 0 spiro atoms. The first-order chi connectivity index (χ1) is 8.79. The third-order valence-electron chi connectivity index (χ3n) is 4.45. The fraction of sp³-hybridized carbons (Fsp3) is 1.00. The van der Waals surface area contributed by atoms with Gasteiger partial charge in [-0.25, -0.2) is 0 Å². The molecule has 0 aromatic heterocycles. The Morgan fingerprint density at radius 1 is 1.22 bits per heavy atom. The van der Waals surface area contributed by atoms with Crippen LogP contribution >= 0.6 is 0 Å². The van der Waals surface area contributed by atoms with Gasteiger partial charge in [-0.15, -0.1) is 0 Å². The van der Waals surface area contributed by atoms with E-state index in [2.05, 4.69) is 24.1 Å². The van der Waals surface area contributed by atoms with Gasteiger partial charge in [0.25, 0.3) is 0 Å². The van der Waals surface area contributed by atoms with Crippen molar-refractivity contribution in [1.82, 2.24) is 10.2 Å². The summed E-state index contributed by atoms with van der Waals surface area (Å²) in [5, 5.41) is 3.90. The van der Waals surface area contributed by atoms with Crippen LogP contribution in [0.5, 0.6) is 0 Å². The van der Waals surface area contributed by atoms with Gasteiger partial charge in [0.2, 0.25) is 0 Å². The van der Waals surface area contributed by atoms with Crippen molar-refractivity contribution in [2.45, 2.75) is 58.0 Å². The van der Waals surface area contributed by atoms with E-state index in [-0.39, 0.29) is 0 Å². The first-order valence-electron chi connectivity index (χ1n) is 7.85. The van der Waals surface area contributed by atoms with Gasteiger partial charge in [-0.3, -0.25) is 0 Å². The van der Waals surface area contributed by atoms with Crippen molar-refractivity contribution in [2.24, 2.45) is 5.92 Å². The molecule has 3 unspecified atom stereocenters. The Morgan fingerprint density at radius 2 is 2.11 bits per heavy atom. The predicted molar refractivity (Wildman–Crippen MR) is 75.9 cm³/mol. The van der Waals surface area contributed by atoms with Crippen LogP contribution in [0.15, 0.2) is 0 Å². The summed E-state index contributed by atoms with van der Waals surface area (Å²) in [6, 6.07) is 1.42. The zero-order chi connectivity index (χ0) is 12.8. The summed E-state index contributed by atoms with van der Waals surface area (Å²) < 4.78 is 5.53. The Labute approximate surface area is 112 Å². The highest BCUT2D eigenvalue weighted by Crippen LogP contribution is 2.18. The molecule has 106 valence electrons. The van der Waals surface area contributed by atoms with Crippen LogP contribution < -0.4 is 5.32 Å². The highest BCUT2D eigenvalue weighted by Gasteiger charge is 2.25. The average Bonchev–Trinajstić information content (AvgIpc) is 2.59. The van der Waals surface area contributed by atoms with Crippen LogP contribution in [0.25, 0.3) is 0 Å². The van der Waals surface area contributed by atoms with E-state index in [1.54, 1.807) is 0 Å². The molecule has 2 aliphatic heterocycles. The molecule has 3 heteroatoms. The van der Waals surface area contributed by atoms with Gasteiger partial charge >= 0.3 is 0 Å². The lowest BCUT2D eigenvalue weighted by Gasteiger charge is -2.33. The van der Waals surface area contributed by atoms with E-state index in [4.69, 9.17) is 4.74 Å². The smallest absolute Gasteiger partial charge is 0.0506 e. The number of likely N-dealkylation sites (tertiary alicyclic amines) is 1. The van der Waals surface area contributed by atoms with E-state index in [1.165, 1.54) is 51.7 Å². The molecule has 0 saturated carbocycles. The zero-order valence-corrected chi connectivity index (χ0v) is 12.2. The largest absolute Gasteiger partial charge is 0.381 e. The maximum absolute atomic E-state index is 5.53. The van der Waals surface area contributed by atoms with Crippen molar-refractivity contribution in [3.05, 3.63) is 0 Å². The van der Waals surface area contributed by atoms with Gasteiger partial charge in [-0.1, -0.05) is 13.8 Å². The average molecular weight is 254 g/mol. The van der Waals surface area contributed by atoms with E-state index >= 15 is 0 Å². The molecule has 2 aliphatic rings. The summed E-state index contributed by atoms with van der Waals surface area (Å²) in [6.07, 6.45) is 6.51. The van der Waals surface area contributed by atoms with Crippen LogP contribution in [0.2, 0.25) is 0 Å². The molecule has 0 aromatic rings. The minimum absolute atomic E-state index is 0.675. The minimum Gasteiger partial charge on any atom is -0.381 e. The highest BCUT2D eigenvalue weighted by atomic mass is 16.5. The Hall–Kier alpha value is -0.120. The number of rotatable bonds is 4. The Morgan fingerprint density at radius 3 is 2.89 bits per heavy atom. The van der Waals surface area contributed by atoms with Gasteiger partial charge in [0.1, 0.15) is 0 Å². The molecule has 3 nitrogen and oxygen atoms in total. The number of hydrogen-bond donors (Lipinski definition) is 1. The van der Waals surface area contributed by atoms with Gasteiger partial charge < -0.3 is 15.0 Å². The number of ether oxygens (including phenoxy) is 1. The third kappa shape index (κ3) is 4.22. The van der Waals surface area contributed by atoms with E-state index in [9.17, 15) is 0 Å². The van der Waals surface area contributed by atoms with Crippen molar-refractivity contribution in [2.75, 3.05) is 32.8 Å². The summed E-state index contributed by atoms with van der Waals surface area (Å²) in [7, 11) is 0. The Balaban J connectivity index is 1.75. The first-order valence-corrected chi connectivity index (χ1v) is 7.85. The molecular weight excluding hydrogens is 224 g/mol. The molecule has 3 atom stereocenters. The summed E-state index contributed by atoms with van der Waals surface area (Å²) in [4.78, 5) is 2.63. The maximum atomic E-state index is 5.53. The summed E-state index contributed by atoms with van der Waals surface area (Å²) in [6.45, 7) is 10.3. The van der Waals surface area contributed by atoms with Crippen LogP contribution in [-0.4, -0.2) is 49.8 Å². The molecule has 0 aromatic carbocycles. The quantitative estimate of drug-likeness (QED) is 0.833. The van der Waals surface area contributed by atoms with Crippen molar-refractivity contribution >= 4 is 0 Å². The van der Waals surface area contributed by atoms with Crippen LogP contribution in [0.1, 0.15) is 46.0 Å². The highest BCUT2D eigenvalue weighted by molar-refractivity contribution is 4.83. The molecule has 2 heterocycles. The summed E-state index contributed by atoms with van der Waals surface area (Å²) >= 11 is 0. The monoisotopic (exact) mass is 254 g/mol. The normalized spacial score (nSPS) is 35.3. The van der Waals surface area contributed by atoms with Crippen molar-refractivity contribution in [1.29, 1.82) is 0 Å². The molecule has 2 rings (SSSR count). The second-order valence-electron chi connectivity index (χ2n) is 6.08. The lowest BCUT2D eigenvalue weighted by molar-refractivity contribution is 0.0352. The fourth-order valence-electron chi connectivity index (χ4n) is 3.29. The first kappa shape index (κ1) is 14.3. The van der Waals surface area contributed by atoms with Gasteiger partial charge in [0.15, 0.2) is 0 Å². The predicted octanol–water partition coefficient (Wildman–Crippen LogP) is 2.27. The number of hydrogen-bond acceptors (Lipinski definition) is 3. The number of nitrogens with zero attached hydrogens (tertiary/aromatic N) is 1. The van der Waals surface area contributed by atoms with E-state index in [0.29, 0.717) is 12.0 Å². The van der Waals surface area contributed by atoms with Crippen LogP contribution in [0, 0.1) is 5.92 Å². The Bertz CT molecular complexity index is 235. The summed E-state index contributed by atoms with van der Waals surface area (Å²) in [5.74, 6) is 0.675. The van der Waals surface area contributed by atoms with Crippen LogP contribution in [0.3, 0.4) is 0 Å². The standard InChI is InChI=1S/C15H30N2O/c1-3-8-17-9-4-5-14(6-10-17)16-15-7-11-18-12-13(15)2/h13-16H,3-12H2,1-2H3. The van der Waals surface area contributed by atoms with Crippen molar-refractivity contribution in [3.8, 4) is 0 Å². The zero-order valence-electron chi connectivity index (χ0n) is 12.2. The van der Waals surface area contributed by atoms with E-state index in [1.807, 2.05) is 0 Å².